The number of urea groups is 1. The Hall–Kier alpha value is -5.19. The molecule has 0 aliphatic carbocycles. The summed E-state index contributed by atoms with van der Waals surface area (Å²) >= 11 is 0. The van der Waals surface area contributed by atoms with Crippen LogP contribution in [0.15, 0.2) is 79.1 Å². The lowest BCUT2D eigenvalue weighted by molar-refractivity contribution is -0.148. The van der Waals surface area contributed by atoms with Gasteiger partial charge in [-0.25, -0.2) is 9.48 Å². The molecule has 218 valence electrons. The number of amides is 3. The van der Waals surface area contributed by atoms with Crippen LogP contribution in [0.1, 0.15) is 46.7 Å². The van der Waals surface area contributed by atoms with Crippen LogP contribution in [0.25, 0.3) is 5.69 Å². The highest BCUT2D eigenvalue weighted by molar-refractivity contribution is 5.99. The van der Waals surface area contributed by atoms with Crippen LogP contribution in [-0.2, 0) is 15.0 Å². The summed E-state index contributed by atoms with van der Waals surface area (Å²) in [6, 6.07) is 18.8. The summed E-state index contributed by atoms with van der Waals surface area (Å²) in [4.78, 5) is 41.0. The number of carboxylic acid groups (broad SMARTS) is 1. The lowest BCUT2D eigenvalue weighted by Gasteiger charge is -2.18. The van der Waals surface area contributed by atoms with Gasteiger partial charge in [-0.3, -0.25) is 19.9 Å². The van der Waals surface area contributed by atoms with E-state index in [1.807, 2.05) is 20.8 Å². The van der Waals surface area contributed by atoms with Gasteiger partial charge in [0.2, 0.25) is 5.91 Å². The van der Waals surface area contributed by atoms with Crippen LogP contribution in [0.4, 0.5) is 22.0 Å². The SMILES string of the molecule is CC(C)(CC(=O)Nc1cccc(-n2nc(C(C)(C)C)cc2NC(=O)Nc2ccc(Oc3cccnc3)cc2)c1)C(=O)O. The van der Waals surface area contributed by atoms with E-state index in [2.05, 4.69) is 20.9 Å². The van der Waals surface area contributed by atoms with Gasteiger partial charge in [0.1, 0.15) is 17.3 Å². The quantitative estimate of drug-likeness (QED) is 0.181. The molecule has 2 aromatic heterocycles. The maximum atomic E-state index is 13.0. The molecule has 4 aromatic rings. The molecular weight excluding hydrogens is 536 g/mol. The number of carbonyl (C=O) groups is 3. The van der Waals surface area contributed by atoms with Crippen molar-refractivity contribution >= 4 is 35.1 Å². The number of aliphatic carboxylic acids is 1. The van der Waals surface area contributed by atoms with Crippen molar-refractivity contribution in [1.29, 1.82) is 0 Å². The normalized spacial score (nSPS) is 11.5. The van der Waals surface area contributed by atoms with Crippen molar-refractivity contribution in [2.24, 2.45) is 5.41 Å². The third kappa shape index (κ3) is 7.72. The smallest absolute Gasteiger partial charge is 0.324 e. The number of benzene rings is 2. The first kappa shape index (κ1) is 29.8. The molecule has 0 radical (unpaired) electrons. The number of pyridine rings is 1. The van der Waals surface area contributed by atoms with Crippen LogP contribution in [0.5, 0.6) is 11.5 Å². The minimum absolute atomic E-state index is 0.188. The van der Waals surface area contributed by atoms with Gasteiger partial charge in [0.25, 0.3) is 0 Å². The van der Waals surface area contributed by atoms with Crippen LogP contribution in [0, 0.1) is 5.41 Å². The van der Waals surface area contributed by atoms with Gasteiger partial charge in [-0.05, 0) is 68.4 Å². The highest BCUT2D eigenvalue weighted by Gasteiger charge is 2.30. The summed E-state index contributed by atoms with van der Waals surface area (Å²) in [5, 5.41) is 22.5. The zero-order valence-electron chi connectivity index (χ0n) is 24.1. The Morgan fingerprint density at radius 3 is 2.24 bits per heavy atom. The summed E-state index contributed by atoms with van der Waals surface area (Å²) in [5.74, 6) is 0.141. The number of aromatic nitrogens is 3. The molecular formula is C31H34N6O5. The Bertz CT molecular complexity index is 1570. The molecule has 11 heteroatoms. The molecule has 3 amide bonds. The number of carboxylic acids is 1. The Morgan fingerprint density at radius 2 is 1.60 bits per heavy atom. The predicted molar refractivity (Wildman–Crippen MR) is 160 cm³/mol. The van der Waals surface area contributed by atoms with Crippen molar-refractivity contribution in [3.8, 4) is 17.2 Å². The van der Waals surface area contributed by atoms with Gasteiger partial charge in [-0.15, -0.1) is 0 Å². The minimum Gasteiger partial charge on any atom is -0.481 e. The molecule has 0 bridgehead atoms. The third-order valence-electron chi connectivity index (χ3n) is 6.26. The molecule has 2 heterocycles. The van der Waals surface area contributed by atoms with E-state index in [4.69, 9.17) is 9.84 Å². The summed E-state index contributed by atoms with van der Waals surface area (Å²) < 4.78 is 7.33. The van der Waals surface area contributed by atoms with Gasteiger partial charge in [-0.1, -0.05) is 26.8 Å². The van der Waals surface area contributed by atoms with Crippen molar-refractivity contribution < 1.29 is 24.2 Å². The van der Waals surface area contributed by atoms with E-state index in [0.717, 1.165) is 5.69 Å². The fraction of sp³-hybridized carbons (Fsp3) is 0.258. The zero-order chi connectivity index (χ0) is 30.5. The molecule has 2 aromatic carbocycles. The average Bonchev–Trinajstić information content (AvgIpc) is 3.34. The Morgan fingerprint density at radius 1 is 0.857 bits per heavy atom. The summed E-state index contributed by atoms with van der Waals surface area (Å²) in [6.45, 7) is 9.03. The van der Waals surface area contributed by atoms with Crippen LogP contribution in [-0.4, -0.2) is 37.8 Å². The Balaban J connectivity index is 1.50. The van der Waals surface area contributed by atoms with Crippen molar-refractivity contribution in [3.63, 3.8) is 0 Å². The topological polar surface area (TPSA) is 147 Å². The summed E-state index contributed by atoms with van der Waals surface area (Å²) in [7, 11) is 0. The molecule has 0 aliphatic heterocycles. The molecule has 0 unspecified atom stereocenters. The maximum Gasteiger partial charge on any atom is 0.324 e. The molecule has 11 nitrogen and oxygen atoms in total. The van der Waals surface area contributed by atoms with Crippen molar-refractivity contribution in [2.45, 2.75) is 46.5 Å². The number of anilines is 3. The minimum atomic E-state index is -1.21. The monoisotopic (exact) mass is 570 g/mol. The number of nitrogens with one attached hydrogen (secondary N) is 3. The van der Waals surface area contributed by atoms with Gasteiger partial charge < -0.3 is 20.5 Å². The molecule has 0 saturated heterocycles. The summed E-state index contributed by atoms with van der Waals surface area (Å²) in [6.07, 6.45) is 3.08. The van der Waals surface area contributed by atoms with Crippen LogP contribution in [0.3, 0.4) is 0 Å². The second kappa shape index (κ2) is 12.1. The van der Waals surface area contributed by atoms with Gasteiger partial charge in [-0.2, -0.15) is 5.10 Å². The van der Waals surface area contributed by atoms with Crippen LogP contribution < -0.4 is 20.7 Å². The van der Waals surface area contributed by atoms with E-state index in [0.29, 0.717) is 34.4 Å². The first-order valence-corrected chi connectivity index (χ1v) is 13.3. The van der Waals surface area contributed by atoms with Crippen LogP contribution in [0.2, 0.25) is 0 Å². The zero-order valence-corrected chi connectivity index (χ0v) is 24.1. The first-order chi connectivity index (χ1) is 19.8. The fourth-order valence-electron chi connectivity index (χ4n) is 3.86. The molecule has 42 heavy (non-hydrogen) atoms. The number of nitrogens with zero attached hydrogens (tertiary/aromatic N) is 3. The molecule has 4 rings (SSSR count). The van der Waals surface area contributed by atoms with E-state index < -0.39 is 23.3 Å². The van der Waals surface area contributed by atoms with E-state index >= 15 is 0 Å². The standard InChI is InChI=1S/C31H34N6O5/c1-30(2,3)25-17-26(35-29(41)34-20-11-13-23(14-12-20)42-24-10-7-15-32-19-24)37(36-25)22-9-6-8-21(16-22)33-27(38)18-31(4,5)28(39)40/h6-17,19H,18H2,1-5H3,(H,33,38)(H,39,40)(H2,34,35,41). The number of hydrogen-bond donors (Lipinski definition) is 4. The Kier molecular flexibility index (Phi) is 8.60. The van der Waals surface area contributed by atoms with Gasteiger partial charge in [0.15, 0.2) is 0 Å². The first-order valence-electron chi connectivity index (χ1n) is 13.3. The van der Waals surface area contributed by atoms with Gasteiger partial charge >= 0.3 is 12.0 Å². The Labute approximate surface area is 243 Å². The maximum absolute atomic E-state index is 13.0. The number of carbonyl (C=O) groups excluding carboxylic acids is 2. The van der Waals surface area contributed by atoms with Crippen molar-refractivity contribution in [1.82, 2.24) is 14.8 Å². The molecule has 0 aliphatic rings. The lowest BCUT2D eigenvalue weighted by Crippen LogP contribution is -2.29. The van der Waals surface area contributed by atoms with E-state index in [1.165, 1.54) is 13.8 Å². The van der Waals surface area contributed by atoms with Crippen molar-refractivity contribution in [2.75, 3.05) is 16.0 Å². The second-order valence-electron chi connectivity index (χ2n) is 11.4. The van der Waals surface area contributed by atoms with Crippen LogP contribution >= 0.6 is 0 Å². The van der Waals surface area contributed by atoms with Gasteiger partial charge in [0.05, 0.1) is 23.0 Å². The largest absolute Gasteiger partial charge is 0.481 e. The number of rotatable bonds is 9. The van der Waals surface area contributed by atoms with E-state index in [-0.39, 0.29) is 11.8 Å². The fourth-order valence-corrected chi connectivity index (χ4v) is 3.86. The molecule has 0 atom stereocenters. The number of ether oxygens (including phenoxy) is 1. The van der Waals surface area contributed by atoms with E-state index in [1.54, 1.807) is 83.8 Å². The molecule has 0 spiro atoms. The predicted octanol–water partition coefficient (Wildman–Crippen LogP) is 6.44. The van der Waals surface area contributed by atoms with Crippen molar-refractivity contribution in [3.05, 3.63) is 84.8 Å². The molecule has 0 fully saturated rings. The van der Waals surface area contributed by atoms with E-state index in [9.17, 15) is 19.5 Å². The van der Waals surface area contributed by atoms with Gasteiger partial charge in [0, 0.05) is 35.5 Å². The molecule has 0 saturated carbocycles. The highest BCUT2D eigenvalue weighted by Crippen LogP contribution is 2.28. The highest BCUT2D eigenvalue weighted by atomic mass is 16.5. The molecule has 4 N–H and O–H groups in total. The summed E-state index contributed by atoms with van der Waals surface area (Å²) in [5.41, 5.74) is 0.844. The average molecular weight is 571 g/mol. The third-order valence-corrected chi connectivity index (χ3v) is 6.26. The number of hydrogen-bond acceptors (Lipinski definition) is 6. The lowest BCUT2D eigenvalue weighted by atomic mass is 9.89. The second-order valence-corrected chi connectivity index (χ2v) is 11.4.